The largest absolute Gasteiger partial charge is 0.355 e. The number of benzene rings is 1. The molecule has 1 unspecified atom stereocenters. The summed E-state index contributed by atoms with van der Waals surface area (Å²) in [5.41, 5.74) is 3.12. The maximum atomic E-state index is 12.3. The van der Waals surface area contributed by atoms with Gasteiger partial charge in [-0.15, -0.1) is 0 Å². The molecule has 1 amide bonds. The Labute approximate surface area is 112 Å². The molecule has 3 rings (SSSR count). The molecule has 0 aliphatic carbocycles. The van der Waals surface area contributed by atoms with E-state index in [9.17, 15) is 4.79 Å². The van der Waals surface area contributed by atoms with Crippen molar-refractivity contribution in [1.82, 2.24) is 5.32 Å². The second-order valence-corrected chi connectivity index (χ2v) is 5.26. The van der Waals surface area contributed by atoms with Gasteiger partial charge < -0.3 is 15.1 Å². The molecule has 1 fully saturated rings. The molecule has 0 spiro atoms. The number of nitrogens with zero attached hydrogens (tertiary/aromatic N) is 2. The van der Waals surface area contributed by atoms with Gasteiger partial charge in [0, 0.05) is 31.7 Å². The Morgan fingerprint density at radius 1 is 1.44 bits per heavy atom. The summed E-state index contributed by atoms with van der Waals surface area (Å²) in [4.78, 5) is 16.3. The molecular formula is C13H16ClN3O. The summed E-state index contributed by atoms with van der Waals surface area (Å²) in [5.74, 6) is 0.149. The summed E-state index contributed by atoms with van der Waals surface area (Å²) in [6, 6.07) is 3.69. The molecule has 0 saturated carbocycles. The number of hydrogen-bond acceptors (Lipinski definition) is 3. The maximum absolute atomic E-state index is 12.3. The summed E-state index contributed by atoms with van der Waals surface area (Å²) in [7, 11) is 1.83. The Kier molecular flexibility index (Phi) is 2.72. The number of fused-ring (bicyclic) bond motifs is 3. The van der Waals surface area contributed by atoms with E-state index in [1.54, 1.807) is 4.90 Å². The molecule has 1 aromatic rings. The van der Waals surface area contributed by atoms with Crippen LogP contribution in [0.3, 0.4) is 0 Å². The molecule has 0 radical (unpaired) electrons. The molecule has 1 aromatic carbocycles. The number of nitrogens with one attached hydrogen (secondary N) is 1. The van der Waals surface area contributed by atoms with Gasteiger partial charge in [-0.25, -0.2) is 0 Å². The van der Waals surface area contributed by atoms with Crippen molar-refractivity contribution in [2.75, 3.05) is 36.5 Å². The van der Waals surface area contributed by atoms with Crippen LogP contribution in [0.15, 0.2) is 12.1 Å². The Bertz CT molecular complexity index is 517. The monoisotopic (exact) mass is 265 g/mol. The molecule has 0 aromatic heterocycles. The van der Waals surface area contributed by atoms with Crippen LogP contribution in [0, 0.1) is 6.92 Å². The predicted octanol–water partition coefficient (Wildman–Crippen LogP) is 1.40. The van der Waals surface area contributed by atoms with Gasteiger partial charge in [0.15, 0.2) is 0 Å². The highest BCUT2D eigenvalue weighted by molar-refractivity contribution is 6.32. The number of hydrogen-bond donors (Lipinski definition) is 1. The lowest BCUT2D eigenvalue weighted by atomic mass is 10.0. The number of amides is 1. The van der Waals surface area contributed by atoms with Crippen LogP contribution in [-0.2, 0) is 4.79 Å². The van der Waals surface area contributed by atoms with Crippen LogP contribution in [0.25, 0.3) is 0 Å². The fourth-order valence-electron chi connectivity index (χ4n) is 2.83. The van der Waals surface area contributed by atoms with E-state index in [1.807, 2.05) is 26.1 Å². The summed E-state index contributed by atoms with van der Waals surface area (Å²) in [6.07, 6.45) is 0. The Balaban J connectivity index is 2.19. The van der Waals surface area contributed by atoms with Crippen molar-refractivity contribution in [1.29, 1.82) is 0 Å². The summed E-state index contributed by atoms with van der Waals surface area (Å²) in [6.45, 7) is 4.47. The van der Waals surface area contributed by atoms with Crippen LogP contribution in [0.2, 0.25) is 5.02 Å². The Hall–Kier alpha value is -1.26. The van der Waals surface area contributed by atoms with Crippen molar-refractivity contribution >= 4 is 28.9 Å². The molecule has 2 aliphatic rings. The molecule has 1 saturated heterocycles. The molecule has 4 nitrogen and oxygen atoms in total. The number of piperazine rings is 1. The standard InChI is InChI=1S/C13H16ClN3O/c1-8-9(14)3-4-10-12(8)17-6-5-15-7-11(17)13(18)16(10)2/h3-4,11,15H,5-7H2,1-2H3. The van der Waals surface area contributed by atoms with E-state index in [0.29, 0.717) is 6.54 Å². The van der Waals surface area contributed by atoms with Gasteiger partial charge >= 0.3 is 0 Å². The lowest BCUT2D eigenvalue weighted by Crippen LogP contribution is -2.61. The average molecular weight is 266 g/mol. The molecule has 18 heavy (non-hydrogen) atoms. The van der Waals surface area contributed by atoms with Gasteiger partial charge in [0.2, 0.25) is 0 Å². The van der Waals surface area contributed by atoms with Gasteiger partial charge in [0.05, 0.1) is 11.4 Å². The first-order valence-electron chi connectivity index (χ1n) is 6.15. The average Bonchev–Trinajstić information content (AvgIpc) is 2.39. The van der Waals surface area contributed by atoms with E-state index >= 15 is 0 Å². The normalized spacial score (nSPS) is 22.8. The molecule has 5 heteroatoms. The summed E-state index contributed by atoms with van der Waals surface area (Å²) in [5, 5.41) is 4.04. The third-order valence-electron chi connectivity index (χ3n) is 3.85. The second-order valence-electron chi connectivity index (χ2n) is 4.85. The fourth-order valence-corrected chi connectivity index (χ4v) is 2.98. The first-order valence-corrected chi connectivity index (χ1v) is 6.53. The van der Waals surface area contributed by atoms with Crippen molar-refractivity contribution in [3.8, 4) is 0 Å². The van der Waals surface area contributed by atoms with Crippen molar-refractivity contribution in [2.45, 2.75) is 13.0 Å². The number of carbonyl (C=O) groups is 1. The van der Waals surface area contributed by atoms with E-state index in [1.165, 1.54) is 0 Å². The van der Waals surface area contributed by atoms with Crippen LogP contribution in [-0.4, -0.2) is 38.6 Å². The van der Waals surface area contributed by atoms with Crippen molar-refractivity contribution in [2.24, 2.45) is 0 Å². The number of rotatable bonds is 0. The Morgan fingerprint density at radius 2 is 2.22 bits per heavy atom. The molecule has 2 aliphatic heterocycles. The minimum atomic E-state index is -0.103. The second kappa shape index (κ2) is 4.14. The predicted molar refractivity (Wildman–Crippen MR) is 73.6 cm³/mol. The number of halogens is 1. The SMILES string of the molecule is Cc1c(Cl)ccc2c1N1CCNCC1C(=O)N2C. The minimum absolute atomic E-state index is 0.103. The van der Waals surface area contributed by atoms with Gasteiger partial charge in [-0.2, -0.15) is 0 Å². The van der Waals surface area contributed by atoms with Crippen LogP contribution < -0.4 is 15.1 Å². The van der Waals surface area contributed by atoms with Crippen molar-refractivity contribution in [3.63, 3.8) is 0 Å². The van der Waals surface area contributed by atoms with E-state index in [2.05, 4.69) is 10.2 Å². The zero-order valence-corrected chi connectivity index (χ0v) is 11.3. The van der Waals surface area contributed by atoms with E-state index in [0.717, 1.165) is 35.1 Å². The third-order valence-corrected chi connectivity index (χ3v) is 4.26. The maximum Gasteiger partial charge on any atom is 0.250 e. The molecule has 1 atom stereocenters. The number of carbonyl (C=O) groups excluding carboxylic acids is 1. The summed E-state index contributed by atoms with van der Waals surface area (Å²) < 4.78 is 0. The van der Waals surface area contributed by atoms with E-state index in [4.69, 9.17) is 11.6 Å². The Morgan fingerprint density at radius 3 is 3.00 bits per heavy atom. The van der Waals surface area contributed by atoms with E-state index in [-0.39, 0.29) is 11.9 Å². The van der Waals surface area contributed by atoms with Gasteiger partial charge in [-0.3, -0.25) is 4.79 Å². The quantitative estimate of drug-likeness (QED) is 0.770. The van der Waals surface area contributed by atoms with Crippen LogP contribution in [0.5, 0.6) is 0 Å². The topological polar surface area (TPSA) is 35.6 Å². The molecule has 1 N–H and O–H groups in total. The van der Waals surface area contributed by atoms with Crippen LogP contribution in [0.1, 0.15) is 5.56 Å². The molecule has 0 bridgehead atoms. The minimum Gasteiger partial charge on any atom is -0.355 e. The number of anilines is 2. The third kappa shape index (κ3) is 1.52. The first kappa shape index (κ1) is 11.8. The fraction of sp³-hybridized carbons (Fsp3) is 0.462. The highest BCUT2D eigenvalue weighted by Crippen LogP contribution is 2.41. The van der Waals surface area contributed by atoms with Crippen LogP contribution in [0.4, 0.5) is 11.4 Å². The highest BCUT2D eigenvalue weighted by atomic mass is 35.5. The van der Waals surface area contributed by atoms with Crippen molar-refractivity contribution in [3.05, 3.63) is 22.7 Å². The first-order chi connectivity index (χ1) is 8.61. The van der Waals surface area contributed by atoms with Gasteiger partial charge in [-0.05, 0) is 24.6 Å². The van der Waals surface area contributed by atoms with Gasteiger partial charge in [-0.1, -0.05) is 11.6 Å². The smallest absolute Gasteiger partial charge is 0.250 e. The lowest BCUT2D eigenvalue weighted by Gasteiger charge is -2.45. The molecular weight excluding hydrogens is 250 g/mol. The zero-order chi connectivity index (χ0) is 12.9. The van der Waals surface area contributed by atoms with Crippen molar-refractivity contribution < 1.29 is 4.79 Å². The van der Waals surface area contributed by atoms with Crippen LogP contribution >= 0.6 is 11.6 Å². The summed E-state index contributed by atoms with van der Waals surface area (Å²) >= 11 is 6.22. The van der Waals surface area contributed by atoms with Gasteiger partial charge in [0.1, 0.15) is 6.04 Å². The van der Waals surface area contributed by atoms with E-state index < -0.39 is 0 Å². The lowest BCUT2D eigenvalue weighted by molar-refractivity contribution is -0.120. The molecule has 96 valence electrons. The molecule has 2 heterocycles. The van der Waals surface area contributed by atoms with Gasteiger partial charge in [0.25, 0.3) is 5.91 Å². The highest BCUT2D eigenvalue weighted by Gasteiger charge is 2.38. The zero-order valence-electron chi connectivity index (χ0n) is 10.5. The number of likely N-dealkylation sites (N-methyl/N-ethyl adjacent to an activating group) is 1.